The molecule has 3 rings (SSSR count). The molecule has 0 aliphatic heterocycles. The molecule has 1 N–H and O–H groups in total. The van der Waals surface area contributed by atoms with Gasteiger partial charge in [0.25, 0.3) is 5.91 Å². The first-order valence-corrected chi connectivity index (χ1v) is 13.8. The van der Waals surface area contributed by atoms with E-state index in [1.165, 1.54) is 49.8 Å². The highest BCUT2D eigenvalue weighted by atomic mass is 32.1. The van der Waals surface area contributed by atoms with E-state index in [-0.39, 0.29) is 17.9 Å². The van der Waals surface area contributed by atoms with Crippen molar-refractivity contribution in [2.75, 3.05) is 47.1 Å². The lowest BCUT2D eigenvalue weighted by Gasteiger charge is -2.12. The standard InChI is InChI=1S/C28H32F3N3O7S/c1-4-40-25(35)17-39-15-13-32-12-5-14-34-23(19-6-8-20(9-7-19)41-28(29,30)31)18-42-27(34)33-26(36)22-11-10-21(37-2)16-24(22)38-3/h6-11,16,18,32H,4-5,12-15,17H2,1-3H3. The summed E-state index contributed by atoms with van der Waals surface area (Å²) >= 11 is 1.23. The Hall–Kier alpha value is -3.88. The predicted molar refractivity (Wildman–Crippen MR) is 149 cm³/mol. The Bertz CT molecular complexity index is 1390. The third-order valence-corrected chi connectivity index (χ3v) is 6.56. The number of nitrogens with zero attached hydrogens (tertiary/aromatic N) is 2. The van der Waals surface area contributed by atoms with Gasteiger partial charge in [-0.15, -0.1) is 24.5 Å². The zero-order valence-corrected chi connectivity index (χ0v) is 24.2. The summed E-state index contributed by atoms with van der Waals surface area (Å²) in [7, 11) is 2.94. The van der Waals surface area contributed by atoms with Crippen LogP contribution in [0.5, 0.6) is 17.2 Å². The summed E-state index contributed by atoms with van der Waals surface area (Å²) in [6.07, 6.45) is -4.17. The number of benzene rings is 2. The van der Waals surface area contributed by atoms with Crippen molar-refractivity contribution in [1.29, 1.82) is 0 Å². The summed E-state index contributed by atoms with van der Waals surface area (Å²) < 4.78 is 64.2. The highest BCUT2D eigenvalue weighted by Crippen LogP contribution is 2.28. The summed E-state index contributed by atoms with van der Waals surface area (Å²) in [6.45, 7) is 3.76. The van der Waals surface area contributed by atoms with E-state index in [1.54, 1.807) is 30.5 Å². The van der Waals surface area contributed by atoms with Gasteiger partial charge in [-0.2, -0.15) is 4.99 Å². The summed E-state index contributed by atoms with van der Waals surface area (Å²) in [5, 5.41) is 5.00. The monoisotopic (exact) mass is 611 g/mol. The summed E-state index contributed by atoms with van der Waals surface area (Å²) in [4.78, 5) is 29.2. The van der Waals surface area contributed by atoms with Gasteiger partial charge in [0.05, 0.1) is 38.7 Å². The first-order chi connectivity index (χ1) is 20.1. The largest absolute Gasteiger partial charge is 0.573 e. The molecule has 42 heavy (non-hydrogen) atoms. The molecule has 3 aromatic rings. The number of alkyl halides is 3. The van der Waals surface area contributed by atoms with Crippen LogP contribution in [-0.2, 0) is 20.8 Å². The van der Waals surface area contributed by atoms with Crippen molar-refractivity contribution >= 4 is 23.2 Å². The molecule has 0 fully saturated rings. The number of carbonyl (C=O) groups is 2. The maximum absolute atomic E-state index is 13.2. The van der Waals surface area contributed by atoms with Crippen molar-refractivity contribution in [3.05, 3.63) is 58.2 Å². The zero-order valence-electron chi connectivity index (χ0n) is 23.4. The lowest BCUT2D eigenvalue weighted by molar-refractivity contribution is -0.274. The minimum atomic E-state index is -4.80. The first-order valence-electron chi connectivity index (χ1n) is 12.9. The maximum Gasteiger partial charge on any atom is 0.573 e. The molecule has 0 radical (unpaired) electrons. The van der Waals surface area contributed by atoms with Crippen LogP contribution in [-0.4, -0.2) is 69.9 Å². The Morgan fingerprint density at radius 3 is 2.43 bits per heavy atom. The van der Waals surface area contributed by atoms with Crippen LogP contribution in [0.3, 0.4) is 0 Å². The SMILES string of the molecule is CCOC(=O)COCCNCCCn1c(-c2ccc(OC(F)(F)F)cc2)csc1=NC(=O)c1ccc(OC)cc1OC. The van der Waals surface area contributed by atoms with Gasteiger partial charge < -0.3 is 33.6 Å². The smallest absolute Gasteiger partial charge is 0.497 e. The fraction of sp³-hybridized carbons (Fsp3) is 0.393. The number of esters is 1. The molecule has 10 nitrogen and oxygen atoms in total. The normalized spacial score (nSPS) is 11.8. The number of halogens is 3. The Labute approximate surface area is 244 Å². The van der Waals surface area contributed by atoms with Gasteiger partial charge in [-0.3, -0.25) is 4.79 Å². The molecule has 2 aromatic carbocycles. The molecule has 1 heterocycles. The van der Waals surface area contributed by atoms with E-state index in [4.69, 9.17) is 18.9 Å². The summed E-state index contributed by atoms with van der Waals surface area (Å²) in [6, 6.07) is 10.3. The van der Waals surface area contributed by atoms with E-state index in [9.17, 15) is 22.8 Å². The topological polar surface area (TPSA) is 110 Å². The van der Waals surface area contributed by atoms with Gasteiger partial charge in [0.2, 0.25) is 0 Å². The second kappa shape index (κ2) is 15.9. The van der Waals surface area contributed by atoms with Crippen molar-refractivity contribution in [3.8, 4) is 28.5 Å². The van der Waals surface area contributed by atoms with E-state index in [0.717, 1.165) is 0 Å². The number of amides is 1. The fourth-order valence-electron chi connectivity index (χ4n) is 3.80. The average Bonchev–Trinajstić information content (AvgIpc) is 3.35. The molecule has 0 aliphatic carbocycles. The van der Waals surface area contributed by atoms with Crippen LogP contribution in [0.25, 0.3) is 11.3 Å². The van der Waals surface area contributed by atoms with Gasteiger partial charge in [-0.05, 0) is 61.9 Å². The quantitative estimate of drug-likeness (QED) is 0.199. The highest BCUT2D eigenvalue weighted by Gasteiger charge is 2.31. The van der Waals surface area contributed by atoms with Gasteiger partial charge in [0, 0.05) is 24.5 Å². The second-order valence-corrected chi connectivity index (χ2v) is 9.41. The van der Waals surface area contributed by atoms with Gasteiger partial charge in [-0.25, -0.2) is 4.79 Å². The van der Waals surface area contributed by atoms with Crippen molar-refractivity contribution in [1.82, 2.24) is 9.88 Å². The van der Waals surface area contributed by atoms with Gasteiger partial charge in [0.1, 0.15) is 23.9 Å². The molecule has 0 spiro atoms. The number of thiazole rings is 1. The minimum Gasteiger partial charge on any atom is -0.497 e. The Balaban J connectivity index is 1.78. The summed E-state index contributed by atoms with van der Waals surface area (Å²) in [5.74, 6) is -0.457. The van der Waals surface area contributed by atoms with E-state index >= 15 is 0 Å². The van der Waals surface area contributed by atoms with Gasteiger partial charge >= 0.3 is 12.3 Å². The van der Waals surface area contributed by atoms with E-state index in [0.29, 0.717) is 66.8 Å². The number of aromatic nitrogens is 1. The molecule has 1 aromatic heterocycles. The van der Waals surface area contributed by atoms with Crippen molar-refractivity contribution < 1.29 is 46.4 Å². The van der Waals surface area contributed by atoms with Crippen molar-refractivity contribution in [2.24, 2.45) is 4.99 Å². The molecule has 0 aliphatic rings. The molecule has 14 heteroatoms. The molecule has 0 saturated heterocycles. The van der Waals surface area contributed by atoms with E-state index in [1.807, 2.05) is 4.57 Å². The Kier molecular flexibility index (Phi) is 12.4. The van der Waals surface area contributed by atoms with Crippen LogP contribution in [0.1, 0.15) is 23.7 Å². The molecule has 1 amide bonds. The molecular weight excluding hydrogens is 579 g/mol. The summed E-state index contributed by atoms with van der Waals surface area (Å²) in [5.41, 5.74) is 1.54. The molecule has 0 saturated carbocycles. The number of methoxy groups -OCH3 is 2. The number of rotatable bonds is 15. The Morgan fingerprint density at radius 1 is 1.02 bits per heavy atom. The van der Waals surface area contributed by atoms with Gasteiger partial charge in [0.15, 0.2) is 4.80 Å². The molecule has 0 atom stereocenters. The lowest BCUT2D eigenvalue weighted by atomic mass is 10.1. The van der Waals surface area contributed by atoms with Crippen molar-refractivity contribution in [3.63, 3.8) is 0 Å². The van der Waals surface area contributed by atoms with Crippen LogP contribution in [0.15, 0.2) is 52.8 Å². The number of nitrogens with one attached hydrogen (secondary N) is 1. The third-order valence-electron chi connectivity index (χ3n) is 5.70. The number of hydrogen-bond acceptors (Lipinski definition) is 9. The van der Waals surface area contributed by atoms with Crippen LogP contribution >= 0.6 is 11.3 Å². The zero-order chi connectivity index (χ0) is 30.5. The first kappa shape index (κ1) is 32.6. The molecular formula is C28H32F3N3O7S. The van der Waals surface area contributed by atoms with Crippen LogP contribution < -0.4 is 24.3 Å². The number of carbonyl (C=O) groups excluding carboxylic acids is 2. The lowest BCUT2D eigenvalue weighted by Crippen LogP contribution is -2.25. The van der Waals surface area contributed by atoms with Crippen LogP contribution in [0, 0.1) is 0 Å². The predicted octanol–water partition coefficient (Wildman–Crippen LogP) is 4.43. The highest BCUT2D eigenvalue weighted by molar-refractivity contribution is 7.07. The van der Waals surface area contributed by atoms with Gasteiger partial charge in [-0.1, -0.05) is 0 Å². The van der Waals surface area contributed by atoms with Crippen LogP contribution in [0.2, 0.25) is 0 Å². The van der Waals surface area contributed by atoms with E-state index < -0.39 is 18.2 Å². The molecule has 0 unspecified atom stereocenters. The second-order valence-electron chi connectivity index (χ2n) is 8.57. The van der Waals surface area contributed by atoms with E-state index in [2.05, 4.69) is 15.0 Å². The average molecular weight is 612 g/mol. The fourth-order valence-corrected chi connectivity index (χ4v) is 4.74. The number of ether oxygens (including phenoxy) is 5. The molecule has 0 bridgehead atoms. The van der Waals surface area contributed by atoms with Crippen LogP contribution in [0.4, 0.5) is 13.2 Å². The third kappa shape index (κ3) is 9.89. The minimum absolute atomic E-state index is 0.117. The number of hydrogen-bond donors (Lipinski definition) is 1. The molecule has 228 valence electrons. The maximum atomic E-state index is 13.2. The van der Waals surface area contributed by atoms with Crippen molar-refractivity contribution in [2.45, 2.75) is 26.3 Å². The Morgan fingerprint density at radius 2 is 1.76 bits per heavy atom.